The summed E-state index contributed by atoms with van der Waals surface area (Å²) in [5.41, 5.74) is 1.58. The molecule has 4 aromatic rings. The summed E-state index contributed by atoms with van der Waals surface area (Å²) in [6.45, 7) is 2.86. The highest BCUT2D eigenvalue weighted by Crippen LogP contribution is 2.35. The Balaban J connectivity index is 1.31. The van der Waals surface area contributed by atoms with Gasteiger partial charge in [-0.05, 0) is 81.4 Å². The summed E-state index contributed by atoms with van der Waals surface area (Å²) < 4.78 is 30.9. The van der Waals surface area contributed by atoms with Gasteiger partial charge in [-0.25, -0.2) is 14.4 Å². The zero-order chi connectivity index (χ0) is 24.9. The summed E-state index contributed by atoms with van der Waals surface area (Å²) in [5.74, 6) is 3.23. The van der Waals surface area contributed by atoms with Crippen LogP contribution in [0.15, 0.2) is 67.0 Å². The lowest BCUT2D eigenvalue weighted by Gasteiger charge is -2.28. The number of nitrogens with one attached hydrogen (secondary N) is 1. The summed E-state index contributed by atoms with van der Waals surface area (Å²) in [5, 5.41) is 4.16. The number of likely N-dealkylation sites (tertiary alicyclic amines) is 1. The number of fused-ring (bicyclic) bond motifs is 1. The number of rotatable bonds is 8. The summed E-state index contributed by atoms with van der Waals surface area (Å²) in [6.07, 6.45) is 3.79. The van der Waals surface area contributed by atoms with Crippen LogP contribution in [0.5, 0.6) is 23.0 Å². The van der Waals surface area contributed by atoms with E-state index in [9.17, 15) is 4.39 Å². The fraction of sp³-hybridized carbons (Fsp3) is 0.286. The largest absolute Gasteiger partial charge is 0.493 e. The lowest BCUT2D eigenvalue weighted by atomic mass is 9.98. The van der Waals surface area contributed by atoms with Crippen molar-refractivity contribution in [3.8, 4) is 23.0 Å². The highest BCUT2D eigenvalue weighted by Gasteiger charge is 2.19. The minimum absolute atomic E-state index is 0.341. The Bertz CT molecular complexity index is 1320. The van der Waals surface area contributed by atoms with Crippen molar-refractivity contribution in [2.24, 2.45) is 5.92 Å². The predicted octanol–water partition coefficient (Wildman–Crippen LogP) is 6.03. The molecule has 0 unspecified atom stereocenters. The van der Waals surface area contributed by atoms with Gasteiger partial charge in [-0.1, -0.05) is 6.07 Å². The van der Waals surface area contributed by atoms with Crippen LogP contribution in [0.2, 0.25) is 0 Å². The first-order chi connectivity index (χ1) is 17.6. The molecule has 8 heteroatoms. The maximum atomic E-state index is 13.4. The average molecular weight is 489 g/mol. The van der Waals surface area contributed by atoms with Crippen LogP contribution in [0, 0.1) is 11.7 Å². The fourth-order valence-corrected chi connectivity index (χ4v) is 4.28. The lowest BCUT2D eigenvalue weighted by molar-refractivity contribution is 0.157. The highest BCUT2D eigenvalue weighted by atomic mass is 19.1. The quantitative estimate of drug-likeness (QED) is 0.325. The molecule has 36 heavy (non-hydrogen) atoms. The van der Waals surface area contributed by atoms with E-state index in [0.717, 1.165) is 42.5 Å². The van der Waals surface area contributed by atoms with Crippen molar-refractivity contribution in [2.75, 3.05) is 39.2 Å². The van der Waals surface area contributed by atoms with Gasteiger partial charge in [0, 0.05) is 23.2 Å². The zero-order valence-corrected chi connectivity index (χ0v) is 20.4. The summed E-state index contributed by atoms with van der Waals surface area (Å²) in [7, 11) is 3.79. The molecule has 0 amide bonds. The molecular weight excluding hydrogens is 459 g/mol. The molecule has 0 radical (unpaired) electrons. The van der Waals surface area contributed by atoms with Crippen molar-refractivity contribution in [3.05, 3.63) is 72.8 Å². The number of halogens is 1. The van der Waals surface area contributed by atoms with Gasteiger partial charge in [0.05, 0.1) is 19.2 Å². The topological polar surface area (TPSA) is 68.7 Å². The molecule has 5 rings (SSSR count). The van der Waals surface area contributed by atoms with Crippen LogP contribution < -0.4 is 19.5 Å². The lowest BCUT2D eigenvalue weighted by Crippen LogP contribution is -2.32. The third-order valence-corrected chi connectivity index (χ3v) is 6.38. The van der Waals surface area contributed by atoms with E-state index >= 15 is 0 Å². The monoisotopic (exact) mass is 488 g/mol. The molecule has 1 saturated heterocycles. The van der Waals surface area contributed by atoms with Crippen molar-refractivity contribution in [1.29, 1.82) is 0 Å². The number of ether oxygens (including phenoxy) is 3. The maximum absolute atomic E-state index is 13.4. The van der Waals surface area contributed by atoms with Gasteiger partial charge in [-0.3, -0.25) is 0 Å². The van der Waals surface area contributed by atoms with Crippen molar-refractivity contribution in [3.63, 3.8) is 0 Å². The second-order valence-electron chi connectivity index (χ2n) is 9.01. The molecule has 0 atom stereocenters. The van der Waals surface area contributed by atoms with Gasteiger partial charge < -0.3 is 24.4 Å². The van der Waals surface area contributed by atoms with Crippen LogP contribution in [-0.2, 0) is 0 Å². The van der Waals surface area contributed by atoms with E-state index in [1.165, 1.54) is 18.5 Å². The summed E-state index contributed by atoms with van der Waals surface area (Å²) in [6, 6.07) is 17.2. The van der Waals surface area contributed by atoms with Gasteiger partial charge in [0.2, 0.25) is 0 Å². The minimum Gasteiger partial charge on any atom is -0.493 e. The van der Waals surface area contributed by atoms with Gasteiger partial charge in [0.1, 0.15) is 29.5 Å². The average Bonchev–Trinajstić information content (AvgIpc) is 2.89. The molecule has 2 heterocycles. The third-order valence-electron chi connectivity index (χ3n) is 6.38. The van der Waals surface area contributed by atoms with Crippen LogP contribution in [0.1, 0.15) is 12.8 Å². The third kappa shape index (κ3) is 5.66. The second-order valence-corrected chi connectivity index (χ2v) is 9.01. The Kier molecular flexibility index (Phi) is 7.13. The van der Waals surface area contributed by atoms with Gasteiger partial charge in [-0.2, -0.15) is 0 Å². The second kappa shape index (κ2) is 10.8. The number of methoxy groups -OCH3 is 1. The van der Waals surface area contributed by atoms with Gasteiger partial charge in [-0.15, -0.1) is 0 Å². The molecule has 0 aliphatic carbocycles. The molecule has 1 aliphatic rings. The summed E-state index contributed by atoms with van der Waals surface area (Å²) in [4.78, 5) is 11.2. The number of benzene rings is 3. The van der Waals surface area contributed by atoms with E-state index < -0.39 is 0 Å². The molecule has 7 nitrogen and oxygen atoms in total. The van der Waals surface area contributed by atoms with Crippen LogP contribution in [0.4, 0.5) is 15.9 Å². The van der Waals surface area contributed by atoms with Gasteiger partial charge >= 0.3 is 0 Å². The van der Waals surface area contributed by atoms with Gasteiger partial charge in [0.25, 0.3) is 0 Å². The zero-order valence-electron chi connectivity index (χ0n) is 20.4. The molecule has 1 aromatic heterocycles. The Hall–Kier alpha value is -3.91. The maximum Gasteiger partial charge on any atom is 0.163 e. The van der Waals surface area contributed by atoms with E-state index in [0.29, 0.717) is 41.3 Å². The van der Waals surface area contributed by atoms with Gasteiger partial charge in [0.15, 0.2) is 11.5 Å². The Morgan fingerprint density at radius 1 is 0.972 bits per heavy atom. The molecule has 0 spiro atoms. The van der Waals surface area contributed by atoms with Crippen molar-refractivity contribution in [1.82, 2.24) is 14.9 Å². The first-order valence-corrected chi connectivity index (χ1v) is 12.0. The van der Waals surface area contributed by atoms with Crippen LogP contribution in [-0.4, -0.2) is 48.7 Å². The van der Waals surface area contributed by atoms with Crippen LogP contribution >= 0.6 is 0 Å². The van der Waals surface area contributed by atoms with E-state index in [-0.39, 0.29) is 5.82 Å². The molecule has 3 aromatic carbocycles. The van der Waals surface area contributed by atoms with E-state index in [1.54, 1.807) is 19.2 Å². The fourth-order valence-electron chi connectivity index (χ4n) is 4.28. The van der Waals surface area contributed by atoms with Crippen LogP contribution in [0.25, 0.3) is 10.9 Å². The molecule has 1 fully saturated rings. The molecular formula is C28H29FN4O3. The molecule has 1 N–H and O–H groups in total. The molecule has 186 valence electrons. The predicted molar refractivity (Wildman–Crippen MR) is 138 cm³/mol. The Labute approximate surface area is 209 Å². The number of piperidine rings is 1. The summed E-state index contributed by atoms with van der Waals surface area (Å²) >= 11 is 0. The standard InChI is InChI=1S/C28H29FN4O3/c1-33-12-10-19(11-13-33)17-35-27-16-25-24(15-26(27)34-2)28(31-18-30-25)32-21-6-8-22(9-7-21)36-23-5-3-4-20(29)14-23/h3-9,14-16,18-19H,10-13,17H2,1-2H3,(H,30,31,32). The minimum atomic E-state index is -0.341. The number of nitrogens with zero attached hydrogens (tertiary/aromatic N) is 3. The normalized spacial score (nSPS) is 14.5. The van der Waals surface area contributed by atoms with E-state index in [2.05, 4.69) is 27.2 Å². The SMILES string of the molecule is COc1cc2c(Nc3ccc(Oc4cccc(F)c4)cc3)ncnc2cc1OCC1CCN(C)CC1. The number of aromatic nitrogens is 2. The van der Waals surface area contributed by atoms with Crippen molar-refractivity contribution in [2.45, 2.75) is 12.8 Å². The first-order valence-electron chi connectivity index (χ1n) is 12.0. The van der Waals surface area contributed by atoms with Crippen molar-refractivity contribution >= 4 is 22.4 Å². The molecule has 1 aliphatic heterocycles. The van der Waals surface area contributed by atoms with E-state index in [1.807, 2.05) is 36.4 Å². The number of hydrogen-bond donors (Lipinski definition) is 1. The molecule has 0 saturated carbocycles. The van der Waals surface area contributed by atoms with Crippen molar-refractivity contribution < 1.29 is 18.6 Å². The Morgan fingerprint density at radius 2 is 1.78 bits per heavy atom. The molecule has 0 bridgehead atoms. The smallest absolute Gasteiger partial charge is 0.163 e. The number of anilines is 2. The highest BCUT2D eigenvalue weighted by molar-refractivity contribution is 5.93. The Morgan fingerprint density at radius 3 is 2.53 bits per heavy atom. The van der Waals surface area contributed by atoms with Crippen LogP contribution in [0.3, 0.4) is 0 Å². The first kappa shape index (κ1) is 23.8. The van der Waals surface area contributed by atoms with E-state index in [4.69, 9.17) is 14.2 Å². The number of hydrogen-bond acceptors (Lipinski definition) is 7.